The summed E-state index contributed by atoms with van der Waals surface area (Å²) >= 11 is 0. The van der Waals surface area contributed by atoms with Crippen molar-refractivity contribution in [2.24, 2.45) is 11.7 Å². The standard InChI is InChI=1S/C15H18N4O/c1-19(9-10-6-12(16)7-10)15(20)11-2-3-13-14(8-11)18-5-4-17-13/h2-5,8,10,12H,6-7,9,16H2,1H3. The van der Waals surface area contributed by atoms with Crippen LogP contribution in [0.5, 0.6) is 0 Å². The summed E-state index contributed by atoms with van der Waals surface area (Å²) < 4.78 is 0. The van der Waals surface area contributed by atoms with E-state index < -0.39 is 0 Å². The van der Waals surface area contributed by atoms with Crippen LogP contribution in [0.15, 0.2) is 30.6 Å². The predicted molar refractivity (Wildman–Crippen MR) is 77.2 cm³/mol. The van der Waals surface area contributed by atoms with E-state index in [-0.39, 0.29) is 5.91 Å². The molecule has 0 atom stereocenters. The zero-order valence-corrected chi connectivity index (χ0v) is 11.5. The number of benzene rings is 1. The summed E-state index contributed by atoms with van der Waals surface area (Å²) in [7, 11) is 1.84. The van der Waals surface area contributed by atoms with Gasteiger partial charge >= 0.3 is 0 Å². The first-order valence-electron chi connectivity index (χ1n) is 6.85. The molecular formula is C15H18N4O. The molecule has 2 aromatic rings. The SMILES string of the molecule is CN(CC1CC(N)C1)C(=O)c1ccc2nccnc2c1. The van der Waals surface area contributed by atoms with Crippen molar-refractivity contribution in [1.82, 2.24) is 14.9 Å². The molecule has 5 heteroatoms. The minimum absolute atomic E-state index is 0.0259. The lowest BCUT2D eigenvalue weighted by Crippen LogP contribution is -2.43. The van der Waals surface area contributed by atoms with Gasteiger partial charge in [-0.25, -0.2) is 0 Å². The minimum atomic E-state index is 0.0259. The monoisotopic (exact) mass is 270 g/mol. The number of nitrogens with zero attached hydrogens (tertiary/aromatic N) is 3. The van der Waals surface area contributed by atoms with Crippen LogP contribution in [0.25, 0.3) is 11.0 Å². The molecule has 0 spiro atoms. The van der Waals surface area contributed by atoms with Gasteiger partial charge in [-0.15, -0.1) is 0 Å². The third-order valence-corrected chi connectivity index (χ3v) is 3.87. The maximum Gasteiger partial charge on any atom is 0.253 e. The van der Waals surface area contributed by atoms with Gasteiger partial charge in [0.05, 0.1) is 11.0 Å². The molecule has 1 saturated carbocycles. The van der Waals surface area contributed by atoms with Crippen molar-refractivity contribution in [3.8, 4) is 0 Å². The van der Waals surface area contributed by atoms with Gasteiger partial charge in [0.15, 0.2) is 0 Å². The van der Waals surface area contributed by atoms with Gasteiger partial charge in [0.1, 0.15) is 0 Å². The van der Waals surface area contributed by atoms with E-state index in [4.69, 9.17) is 5.73 Å². The fourth-order valence-corrected chi connectivity index (χ4v) is 2.72. The Bertz CT molecular complexity index is 637. The van der Waals surface area contributed by atoms with Crippen molar-refractivity contribution < 1.29 is 4.79 Å². The highest BCUT2D eigenvalue weighted by Gasteiger charge is 2.28. The van der Waals surface area contributed by atoms with Crippen LogP contribution in [0, 0.1) is 5.92 Å². The molecule has 1 aliphatic rings. The molecule has 3 rings (SSSR count). The maximum absolute atomic E-state index is 12.4. The molecule has 0 radical (unpaired) electrons. The molecular weight excluding hydrogens is 252 g/mol. The Morgan fingerprint density at radius 2 is 2.00 bits per heavy atom. The lowest BCUT2D eigenvalue weighted by atomic mass is 9.80. The van der Waals surface area contributed by atoms with Crippen LogP contribution in [0.2, 0.25) is 0 Å². The van der Waals surface area contributed by atoms with Crippen LogP contribution >= 0.6 is 0 Å². The third kappa shape index (κ3) is 2.49. The van der Waals surface area contributed by atoms with Crippen LogP contribution < -0.4 is 5.73 Å². The predicted octanol–water partition coefficient (Wildman–Crippen LogP) is 1.44. The molecule has 1 aromatic carbocycles. The summed E-state index contributed by atoms with van der Waals surface area (Å²) in [5.74, 6) is 0.567. The fraction of sp³-hybridized carbons (Fsp3) is 0.400. The number of aromatic nitrogens is 2. The second-order valence-corrected chi connectivity index (χ2v) is 5.54. The van der Waals surface area contributed by atoms with Crippen molar-refractivity contribution in [2.75, 3.05) is 13.6 Å². The molecule has 0 aliphatic heterocycles. The normalized spacial score (nSPS) is 21.5. The minimum Gasteiger partial charge on any atom is -0.341 e. The number of rotatable bonds is 3. The average Bonchev–Trinajstić information content (AvgIpc) is 2.44. The first kappa shape index (κ1) is 13.0. The number of carbonyl (C=O) groups is 1. The second kappa shape index (κ2) is 5.17. The molecule has 1 amide bonds. The van der Waals surface area contributed by atoms with Gasteiger partial charge in [-0.05, 0) is 37.0 Å². The Kier molecular flexibility index (Phi) is 3.36. The number of fused-ring (bicyclic) bond motifs is 1. The summed E-state index contributed by atoms with van der Waals surface area (Å²) in [5.41, 5.74) is 7.98. The van der Waals surface area contributed by atoms with Crippen LogP contribution in [0.1, 0.15) is 23.2 Å². The Morgan fingerprint density at radius 1 is 1.30 bits per heavy atom. The van der Waals surface area contributed by atoms with E-state index in [9.17, 15) is 4.79 Å². The van der Waals surface area contributed by atoms with Gasteiger partial charge in [0.25, 0.3) is 5.91 Å². The van der Waals surface area contributed by atoms with Crippen molar-refractivity contribution in [3.63, 3.8) is 0 Å². The van der Waals surface area contributed by atoms with Gasteiger partial charge in [-0.1, -0.05) is 0 Å². The van der Waals surface area contributed by atoms with Gasteiger partial charge in [-0.3, -0.25) is 14.8 Å². The summed E-state index contributed by atoms with van der Waals surface area (Å²) in [4.78, 5) is 22.6. The van der Waals surface area contributed by atoms with E-state index in [0.717, 1.165) is 30.4 Å². The van der Waals surface area contributed by atoms with E-state index in [1.807, 2.05) is 19.2 Å². The molecule has 104 valence electrons. The largest absolute Gasteiger partial charge is 0.341 e. The molecule has 1 aromatic heterocycles. The maximum atomic E-state index is 12.4. The molecule has 1 aliphatic carbocycles. The number of hydrogen-bond donors (Lipinski definition) is 1. The summed E-state index contributed by atoms with van der Waals surface area (Å²) in [6.07, 6.45) is 5.31. The van der Waals surface area contributed by atoms with Crippen LogP contribution in [0.4, 0.5) is 0 Å². The number of hydrogen-bond acceptors (Lipinski definition) is 4. The van der Waals surface area contributed by atoms with Crippen molar-refractivity contribution in [3.05, 3.63) is 36.2 Å². The molecule has 0 saturated heterocycles. The Labute approximate surface area is 117 Å². The number of amides is 1. The van der Waals surface area contributed by atoms with Crippen LogP contribution in [0.3, 0.4) is 0 Å². The molecule has 20 heavy (non-hydrogen) atoms. The highest BCUT2D eigenvalue weighted by molar-refractivity contribution is 5.97. The Balaban J connectivity index is 1.74. The van der Waals surface area contributed by atoms with E-state index in [1.165, 1.54) is 0 Å². The summed E-state index contributed by atoms with van der Waals surface area (Å²) in [6.45, 7) is 0.769. The van der Waals surface area contributed by atoms with Crippen LogP contribution in [-0.4, -0.2) is 40.4 Å². The molecule has 1 heterocycles. The van der Waals surface area contributed by atoms with Crippen molar-refractivity contribution in [1.29, 1.82) is 0 Å². The highest BCUT2D eigenvalue weighted by Crippen LogP contribution is 2.26. The quantitative estimate of drug-likeness (QED) is 0.916. The van der Waals surface area contributed by atoms with Gasteiger partial charge in [0, 0.05) is 37.6 Å². The van der Waals surface area contributed by atoms with Crippen molar-refractivity contribution in [2.45, 2.75) is 18.9 Å². The molecule has 5 nitrogen and oxygen atoms in total. The summed E-state index contributed by atoms with van der Waals surface area (Å²) in [5, 5.41) is 0. The van der Waals surface area contributed by atoms with E-state index in [1.54, 1.807) is 23.4 Å². The highest BCUT2D eigenvalue weighted by atomic mass is 16.2. The zero-order chi connectivity index (χ0) is 14.1. The van der Waals surface area contributed by atoms with E-state index in [0.29, 0.717) is 17.5 Å². The first-order valence-corrected chi connectivity index (χ1v) is 6.85. The Hall–Kier alpha value is -2.01. The molecule has 2 N–H and O–H groups in total. The van der Waals surface area contributed by atoms with E-state index >= 15 is 0 Å². The van der Waals surface area contributed by atoms with Gasteiger partial charge < -0.3 is 10.6 Å². The summed E-state index contributed by atoms with van der Waals surface area (Å²) in [6, 6.07) is 5.76. The smallest absolute Gasteiger partial charge is 0.253 e. The lowest BCUT2D eigenvalue weighted by Gasteiger charge is -2.35. The lowest BCUT2D eigenvalue weighted by molar-refractivity contribution is 0.0734. The van der Waals surface area contributed by atoms with Crippen molar-refractivity contribution >= 4 is 16.9 Å². The first-order chi connectivity index (χ1) is 9.63. The molecule has 1 fully saturated rings. The second-order valence-electron chi connectivity index (χ2n) is 5.54. The average molecular weight is 270 g/mol. The van der Waals surface area contributed by atoms with Crippen LogP contribution in [-0.2, 0) is 0 Å². The third-order valence-electron chi connectivity index (χ3n) is 3.87. The molecule has 0 unspecified atom stereocenters. The fourth-order valence-electron chi connectivity index (χ4n) is 2.72. The number of carbonyl (C=O) groups excluding carboxylic acids is 1. The zero-order valence-electron chi connectivity index (χ0n) is 11.5. The van der Waals surface area contributed by atoms with Gasteiger partial charge in [-0.2, -0.15) is 0 Å². The Morgan fingerprint density at radius 3 is 2.70 bits per heavy atom. The van der Waals surface area contributed by atoms with Gasteiger partial charge in [0.2, 0.25) is 0 Å². The van der Waals surface area contributed by atoms with E-state index in [2.05, 4.69) is 9.97 Å². The number of nitrogens with two attached hydrogens (primary N) is 1. The molecule has 0 bridgehead atoms. The topological polar surface area (TPSA) is 72.1 Å².